The van der Waals surface area contributed by atoms with Gasteiger partial charge in [0.25, 0.3) is 5.91 Å². The maximum absolute atomic E-state index is 12.5. The Bertz CT molecular complexity index is 792. The van der Waals surface area contributed by atoms with Crippen molar-refractivity contribution in [2.24, 2.45) is 0 Å². The first kappa shape index (κ1) is 18.6. The van der Waals surface area contributed by atoms with E-state index in [1.165, 1.54) is 16.2 Å². The fourth-order valence-electron chi connectivity index (χ4n) is 2.49. The number of carbonyl (C=O) groups is 2. The average molecular weight is 395 g/mol. The molecule has 1 aliphatic rings. The molecule has 2 amide bonds. The molecule has 3 rings (SSSR count). The van der Waals surface area contributed by atoms with Gasteiger partial charge in [0, 0.05) is 25.5 Å². The first-order valence-electron chi connectivity index (χ1n) is 8.12. The Morgan fingerprint density at radius 2 is 2.08 bits per heavy atom. The molecular weight excluding hydrogens is 376 g/mol. The van der Waals surface area contributed by atoms with Gasteiger partial charge in [-0.05, 0) is 12.1 Å². The molecule has 1 saturated heterocycles. The van der Waals surface area contributed by atoms with E-state index in [1.54, 1.807) is 23.4 Å². The Kier molecular flexibility index (Phi) is 6.08. The maximum Gasteiger partial charge on any atom is 0.273 e. The number of halogens is 1. The number of amides is 2. The van der Waals surface area contributed by atoms with E-state index in [-0.39, 0.29) is 18.4 Å². The molecule has 0 aliphatic carbocycles. The van der Waals surface area contributed by atoms with Gasteiger partial charge in [-0.15, -0.1) is 11.3 Å². The van der Waals surface area contributed by atoms with Crippen LogP contribution in [0, 0.1) is 0 Å². The Labute approximate surface area is 160 Å². The molecule has 2 aromatic rings. The van der Waals surface area contributed by atoms with E-state index in [0.29, 0.717) is 42.2 Å². The first-order chi connectivity index (χ1) is 12.5. The molecule has 1 aromatic heterocycles. The summed E-state index contributed by atoms with van der Waals surface area (Å²) in [5, 5.41) is 5.90. The highest BCUT2D eigenvalue weighted by Gasteiger charge is 2.22. The lowest BCUT2D eigenvalue weighted by molar-refractivity contribution is -0.135. The van der Waals surface area contributed by atoms with Gasteiger partial charge in [0.2, 0.25) is 5.91 Å². The van der Waals surface area contributed by atoms with Crippen LogP contribution in [0.3, 0.4) is 0 Å². The first-order valence-corrected chi connectivity index (χ1v) is 9.38. The fraction of sp³-hybridized carbons (Fsp3) is 0.353. The predicted molar refractivity (Wildman–Crippen MR) is 101 cm³/mol. The topological polar surface area (TPSA) is 74.8 Å². The molecule has 0 bridgehead atoms. The van der Waals surface area contributed by atoms with Crippen LogP contribution >= 0.6 is 22.9 Å². The van der Waals surface area contributed by atoms with Gasteiger partial charge in [-0.3, -0.25) is 9.59 Å². The van der Waals surface area contributed by atoms with Gasteiger partial charge in [-0.25, -0.2) is 4.98 Å². The normalized spacial score (nSPS) is 14.2. The van der Waals surface area contributed by atoms with Crippen molar-refractivity contribution in [2.75, 3.05) is 45.2 Å². The summed E-state index contributed by atoms with van der Waals surface area (Å²) in [6.07, 6.45) is 0. The summed E-state index contributed by atoms with van der Waals surface area (Å²) in [7, 11) is 1.60. The van der Waals surface area contributed by atoms with Crippen LogP contribution in [0.15, 0.2) is 29.6 Å². The largest absolute Gasteiger partial charge is 0.378 e. The molecule has 0 atom stereocenters. The number of anilines is 2. The summed E-state index contributed by atoms with van der Waals surface area (Å²) < 4.78 is 5.23. The monoisotopic (exact) mass is 394 g/mol. The maximum atomic E-state index is 12.5. The number of nitrogens with zero attached hydrogens (tertiary/aromatic N) is 3. The standard InChI is InChI=1S/C17H19ClN4O3S/c1-21(10-15(23)22-6-8-25-9-7-22)16(24)14-11-26-17(20-14)19-13-5-3-2-4-12(13)18/h2-5,11H,6-10H2,1H3,(H,19,20). The summed E-state index contributed by atoms with van der Waals surface area (Å²) in [5.74, 6) is -0.385. The van der Waals surface area contributed by atoms with E-state index in [1.807, 2.05) is 18.2 Å². The van der Waals surface area contributed by atoms with Gasteiger partial charge in [0.1, 0.15) is 5.69 Å². The van der Waals surface area contributed by atoms with E-state index in [4.69, 9.17) is 16.3 Å². The molecule has 7 nitrogen and oxygen atoms in total. The molecule has 0 saturated carbocycles. The van der Waals surface area contributed by atoms with E-state index in [0.717, 1.165) is 5.69 Å². The van der Waals surface area contributed by atoms with E-state index in [9.17, 15) is 9.59 Å². The number of ether oxygens (including phenoxy) is 1. The lowest BCUT2D eigenvalue weighted by Gasteiger charge is -2.28. The summed E-state index contributed by atoms with van der Waals surface area (Å²) in [6, 6.07) is 7.30. The third-order valence-electron chi connectivity index (χ3n) is 3.92. The second-order valence-electron chi connectivity index (χ2n) is 5.80. The minimum Gasteiger partial charge on any atom is -0.378 e. The molecule has 0 radical (unpaired) electrons. The van der Waals surface area contributed by atoms with Crippen LogP contribution in [0.2, 0.25) is 5.02 Å². The number of morpholine rings is 1. The Morgan fingerprint density at radius 1 is 1.35 bits per heavy atom. The van der Waals surface area contributed by atoms with Crippen molar-refractivity contribution in [1.82, 2.24) is 14.8 Å². The number of carbonyl (C=O) groups excluding carboxylic acids is 2. The molecule has 1 aromatic carbocycles. The third kappa shape index (κ3) is 4.51. The number of rotatable bonds is 5. The molecule has 138 valence electrons. The smallest absolute Gasteiger partial charge is 0.273 e. The number of para-hydroxylation sites is 1. The average Bonchev–Trinajstić information content (AvgIpc) is 3.12. The van der Waals surface area contributed by atoms with Crippen LogP contribution in [0.5, 0.6) is 0 Å². The lowest BCUT2D eigenvalue weighted by atomic mass is 10.3. The Morgan fingerprint density at radius 3 is 2.81 bits per heavy atom. The third-order valence-corrected chi connectivity index (χ3v) is 5.01. The van der Waals surface area contributed by atoms with Crippen LogP contribution in [-0.2, 0) is 9.53 Å². The van der Waals surface area contributed by atoms with Crippen molar-refractivity contribution in [3.8, 4) is 0 Å². The quantitative estimate of drug-likeness (QED) is 0.843. The molecular formula is C17H19ClN4O3S. The zero-order valence-corrected chi connectivity index (χ0v) is 15.8. The molecule has 9 heteroatoms. The van der Waals surface area contributed by atoms with Crippen molar-refractivity contribution in [3.63, 3.8) is 0 Å². The molecule has 1 fully saturated rings. The minimum absolute atomic E-state index is 0.0175. The number of nitrogens with one attached hydrogen (secondary N) is 1. The van der Waals surface area contributed by atoms with Crippen molar-refractivity contribution in [3.05, 3.63) is 40.4 Å². The second-order valence-corrected chi connectivity index (χ2v) is 7.06. The summed E-state index contributed by atoms with van der Waals surface area (Å²) in [5.41, 5.74) is 1.01. The molecule has 1 aliphatic heterocycles. The van der Waals surface area contributed by atoms with Crippen molar-refractivity contribution < 1.29 is 14.3 Å². The van der Waals surface area contributed by atoms with E-state index in [2.05, 4.69) is 10.3 Å². The molecule has 1 N–H and O–H groups in total. The van der Waals surface area contributed by atoms with Crippen LogP contribution in [0.25, 0.3) is 0 Å². The number of hydrogen-bond donors (Lipinski definition) is 1. The Hall–Kier alpha value is -2.16. The highest BCUT2D eigenvalue weighted by atomic mass is 35.5. The SMILES string of the molecule is CN(CC(=O)N1CCOCC1)C(=O)c1csc(Nc2ccccc2Cl)n1. The van der Waals surface area contributed by atoms with E-state index >= 15 is 0 Å². The number of thiazole rings is 1. The van der Waals surface area contributed by atoms with E-state index < -0.39 is 0 Å². The number of benzene rings is 1. The van der Waals surface area contributed by atoms with Gasteiger partial charge in [0.15, 0.2) is 5.13 Å². The van der Waals surface area contributed by atoms with Crippen LogP contribution < -0.4 is 5.32 Å². The summed E-state index contributed by atoms with van der Waals surface area (Å²) in [4.78, 5) is 32.2. The van der Waals surface area contributed by atoms with Gasteiger partial charge in [0.05, 0.1) is 30.5 Å². The molecule has 26 heavy (non-hydrogen) atoms. The van der Waals surface area contributed by atoms with Crippen LogP contribution in [-0.4, -0.2) is 66.5 Å². The number of likely N-dealkylation sites (N-methyl/N-ethyl adjacent to an activating group) is 1. The zero-order chi connectivity index (χ0) is 18.5. The molecule has 2 heterocycles. The summed E-state index contributed by atoms with van der Waals surface area (Å²) >= 11 is 7.42. The number of hydrogen-bond acceptors (Lipinski definition) is 6. The second kappa shape index (κ2) is 8.48. The predicted octanol–water partition coefficient (Wildman–Crippen LogP) is 2.47. The zero-order valence-electron chi connectivity index (χ0n) is 14.3. The molecule has 0 unspecified atom stereocenters. The van der Waals surface area contributed by atoms with Gasteiger partial charge >= 0.3 is 0 Å². The molecule has 0 spiro atoms. The lowest BCUT2D eigenvalue weighted by Crippen LogP contribution is -2.46. The van der Waals surface area contributed by atoms with Gasteiger partial charge < -0.3 is 19.9 Å². The van der Waals surface area contributed by atoms with Crippen molar-refractivity contribution >= 4 is 45.6 Å². The highest BCUT2D eigenvalue weighted by Crippen LogP contribution is 2.27. The minimum atomic E-state index is -0.296. The number of aromatic nitrogens is 1. The highest BCUT2D eigenvalue weighted by molar-refractivity contribution is 7.14. The van der Waals surface area contributed by atoms with Crippen LogP contribution in [0.1, 0.15) is 10.5 Å². The fourth-order valence-corrected chi connectivity index (χ4v) is 3.37. The van der Waals surface area contributed by atoms with Crippen molar-refractivity contribution in [2.45, 2.75) is 0 Å². The van der Waals surface area contributed by atoms with Crippen LogP contribution in [0.4, 0.5) is 10.8 Å². The summed E-state index contributed by atoms with van der Waals surface area (Å²) in [6.45, 7) is 2.20. The Balaban J connectivity index is 1.60. The van der Waals surface area contributed by atoms with Crippen molar-refractivity contribution in [1.29, 1.82) is 0 Å². The van der Waals surface area contributed by atoms with Gasteiger partial charge in [-0.2, -0.15) is 0 Å². The van der Waals surface area contributed by atoms with Gasteiger partial charge in [-0.1, -0.05) is 23.7 Å².